The third-order valence-electron chi connectivity index (χ3n) is 3.83. The highest BCUT2D eigenvalue weighted by molar-refractivity contribution is 5.69. The number of carboxylic acid groups (broad SMARTS) is 1. The van der Waals surface area contributed by atoms with Crippen LogP contribution in [0.25, 0.3) is 0 Å². The molecule has 2 saturated heterocycles. The van der Waals surface area contributed by atoms with Crippen molar-refractivity contribution in [2.75, 3.05) is 72.1 Å². The van der Waals surface area contributed by atoms with Gasteiger partial charge in [-0.15, -0.1) is 0 Å². The fourth-order valence-corrected chi connectivity index (χ4v) is 2.56. The van der Waals surface area contributed by atoms with Crippen molar-refractivity contribution in [3.8, 4) is 0 Å². The highest BCUT2D eigenvalue weighted by Crippen LogP contribution is 2.02. The van der Waals surface area contributed by atoms with E-state index in [9.17, 15) is 9.59 Å². The molecule has 2 aliphatic heterocycles. The SMILES string of the molecule is O=C(O)CN1CCN(CCOC(=O)N2CCNCC2)CC1. The maximum atomic E-state index is 11.8. The topological polar surface area (TPSA) is 85.4 Å². The molecule has 8 nitrogen and oxygen atoms in total. The number of carbonyl (C=O) groups excluding carboxylic acids is 1. The van der Waals surface area contributed by atoms with Crippen LogP contribution in [0.5, 0.6) is 0 Å². The zero-order valence-electron chi connectivity index (χ0n) is 12.3. The average molecular weight is 300 g/mol. The van der Waals surface area contributed by atoms with Gasteiger partial charge < -0.3 is 20.1 Å². The van der Waals surface area contributed by atoms with Gasteiger partial charge in [-0.3, -0.25) is 14.6 Å². The number of carbonyl (C=O) groups is 2. The monoisotopic (exact) mass is 300 g/mol. The van der Waals surface area contributed by atoms with Crippen LogP contribution in [0.15, 0.2) is 0 Å². The molecule has 2 rings (SSSR count). The van der Waals surface area contributed by atoms with Crippen molar-refractivity contribution in [1.82, 2.24) is 20.0 Å². The lowest BCUT2D eigenvalue weighted by Crippen LogP contribution is -2.49. The van der Waals surface area contributed by atoms with E-state index >= 15 is 0 Å². The minimum atomic E-state index is -0.784. The van der Waals surface area contributed by atoms with Gasteiger partial charge in [0, 0.05) is 58.9 Å². The van der Waals surface area contributed by atoms with Gasteiger partial charge in [-0.1, -0.05) is 0 Å². The first kappa shape index (κ1) is 16.0. The molecule has 0 unspecified atom stereocenters. The summed E-state index contributed by atoms with van der Waals surface area (Å²) in [5.41, 5.74) is 0. The summed E-state index contributed by atoms with van der Waals surface area (Å²) in [4.78, 5) is 28.3. The molecule has 0 aliphatic carbocycles. The van der Waals surface area contributed by atoms with Gasteiger partial charge in [-0.25, -0.2) is 4.79 Å². The van der Waals surface area contributed by atoms with Crippen LogP contribution >= 0.6 is 0 Å². The van der Waals surface area contributed by atoms with Crippen molar-refractivity contribution in [3.05, 3.63) is 0 Å². The quantitative estimate of drug-likeness (QED) is 0.655. The molecular formula is C13H24N4O4. The summed E-state index contributed by atoms with van der Waals surface area (Å²) in [6.45, 7) is 7.37. The Balaban J connectivity index is 1.57. The Kier molecular flexibility index (Phi) is 6.21. The highest BCUT2D eigenvalue weighted by Gasteiger charge is 2.20. The van der Waals surface area contributed by atoms with E-state index in [0.29, 0.717) is 26.2 Å². The van der Waals surface area contributed by atoms with E-state index in [1.165, 1.54) is 0 Å². The number of nitrogens with zero attached hydrogens (tertiary/aromatic N) is 3. The number of aliphatic carboxylic acids is 1. The molecule has 0 saturated carbocycles. The van der Waals surface area contributed by atoms with E-state index in [-0.39, 0.29) is 12.6 Å². The Morgan fingerprint density at radius 2 is 1.62 bits per heavy atom. The standard InChI is InChI=1S/C13H24N4O4/c18-12(19)11-16-7-5-15(6-8-16)9-10-21-13(20)17-3-1-14-2-4-17/h14H,1-11H2,(H,18,19). The van der Waals surface area contributed by atoms with E-state index in [4.69, 9.17) is 9.84 Å². The predicted molar refractivity (Wildman–Crippen MR) is 76.3 cm³/mol. The van der Waals surface area contributed by atoms with Gasteiger partial charge in [0.25, 0.3) is 0 Å². The maximum absolute atomic E-state index is 11.8. The van der Waals surface area contributed by atoms with Crippen molar-refractivity contribution in [2.45, 2.75) is 0 Å². The third-order valence-corrected chi connectivity index (χ3v) is 3.83. The number of amides is 1. The number of hydrogen-bond acceptors (Lipinski definition) is 6. The molecule has 120 valence electrons. The Morgan fingerprint density at radius 1 is 1.00 bits per heavy atom. The fourth-order valence-electron chi connectivity index (χ4n) is 2.56. The molecule has 21 heavy (non-hydrogen) atoms. The number of rotatable bonds is 5. The van der Waals surface area contributed by atoms with E-state index in [2.05, 4.69) is 10.2 Å². The smallest absolute Gasteiger partial charge is 0.409 e. The Labute approximate surface area is 124 Å². The van der Waals surface area contributed by atoms with Crippen molar-refractivity contribution < 1.29 is 19.4 Å². The van der Waals surface area contributed by atoms with E-state index in [1.807, 2.05) is 4.90 Å². The zero-order chi connectivity index (χ0) is 15.1. The molecule has 2 aliphatic rings. The van der Waals surface area contributed by atoms with Gasteiger partial charge in [-0.2, -0.15) is 0 Å². The number of nitrogens with one attached hydrogen (secondary N) is 1. The van der Waals surface area contributed by atoms with Gasteiger partial charge in [-0.05, 0) is 0 Å². The summed E-state index contributed by atoms with van der Waals surface area (Å²) in [7, 11) is 0. The molecule has 1 amide bonds. The van der Waals surface area contributed by atoms with Crippen LogP contribution in [0, 0.1) is 0 Å². The van der Waals surface area contributed by atoms with Crippen LogP contribution < -0.4 is 5.32 Å². The number of hydrogen-bond donors (Lipinski definition) is 2. The molecule has 2 N–H and O–H groups in total. The second-order valence-electron chi connectivity index (χ2n) is 5.36. The van der Waals surface area contributed by atoms with Crippen LogP contribution in [0.1, 0.15) is 0 Å². The largest absolute Gasteiger partial charge is 0.480 e. The lowest BCUT2D eigenvalue weighted by Gasteiger charge is -2.33. The molecule has 0 atom stereocenters. The zero-order valence-corrected chi connectivity index (χ0v) is 12.3. The summed E-state index contributed by atoms with van der Waals surface area (Å²) in [6, 6.07) is 0. The molecule has 2 fully saturated rings. The maximum Gasteiger partial charge on any atom is 0.409 e. The second-order valence-corrected chi connectivity index (χ2v) is 5.36. The summed E-state index contributed by atoms with van der Waals surface area (Å²) in [6.07, 6.45) is -0.235. The lowest BCUT2D eigenvalue weighted by molar-refractivity contribution is -0.138. The molecule has 0 radical (unpaired) electrons. The van der Waals surface area contributed by atoms with Gasteiger partial charge in [0.05, 0.1) is 6.54 Å². The molecule has 0 bridgehead atoms. The summed E-state index contributed by atoms with van der Waals surface area (Å²) in [5, 5.41) is 11.9. The average Bonchev–Trinajstić information content (AvgIpc) is 2.49. The minimum Gasteiger partial charge on any atom is -0.480 e. The molecular weight excluding hydrogens is 276 g/mol. The fraction of sp³-hybridized carbons (Fsp3) is 0.846. The van der Waals surface area contributed by atoms with Crippen LogP contribution in [0.2, 0.25) is 0 Å². The summed E-state index contributed by atoms with van der Waals surface area (Å²) < 4.78 is 5.29. The first-order chi connectivity index (χ1) is 10.1. The van der Waals surface area contributed by atoms with E-state index in [1.54, 1.807) is 4.90 Å². The van der Waals surface area contributed by atoms with Gasteiger partial charge >= 0.3 is 12.1 Å². The summed E-state index contributed by atoms with van der Waals surface area (Å²) >= 11 is 0. The second kappa shape index (κ2) is 8.16. The van der Waals surface area contributed by atoms with Gasteiger partial charge in [0.2, 0.25) is 0 Å². The van der Waals surface area contributed by atoms with Crippen molar-refractivity contribution in [3.63, 3.8) is 0 Å². The van der Waals surface area contributed by atoms with E-state index in [0.717, 1.165) is 39.3 Å². The molecule has 0 aromatic rings. The van der Waals surface area contributed by atoms with Crippen molar-refractivity contribution >= 4 is 12.1 Å². The minimum absolute atomic E-state index is 0.103. The van der Waals surface area contributed by atoms with Crippen LogP contribution in [-0.4, -0.2) is 104 Å². The van der Waals surface area contributed by atoms with Gasteiger partial charge in [0.15, 0.2) is 0 Å². The molecule has 0 aromatic heterocycles. The van der Waals surface area contributed by atoms with Gasteiger partial charge in [0.1, 0.15) is 6.61 Å². The van der Waals surface area contributed by atoms with Crippen molar-refractivity contribution in [2.24, 2.45) is 0 Å². The van der Waals surface area contributed by atoms with Crippen LogP contribution in [0.3, 0.4) is 0 Å². The normalized spacial score (nSPS) is 21.2. The van der Waals surface area contributed by atoms with Crippen LogP contribution in [0.4, 0.5) is 4.79 Å². The number of piperazine rings is 2. The predicted octanol–water partition coefficient (Wildman–Crippen LogP) is -1.27. The highest BCUT2D eigenvalue weighted by atomic mass is 16.6. The number of carboxylic acids is 1. The molecule has 8 heteroatoms. The Bertz CT molecular complexity index is 352. The first-order valence-electron chi connectivity index (χ1n) is 7.44. The summed E-state index contributed by atoms with van der Waals surface area (Å²) in [5.74, 6) is -0.784. The van der Waals surface area contributed by atoms with Crippen LogP contribution in [-0.2, 0) is 9.53 Å². The van der Waals surface area contributed by atoms with E-state index < -0.39 is 5.97 Å². The molecule has 0 aromatic carbocycles. The van der Waals surface area contributed by atoms with Crippen molar-refractivity contribution in [1.29, 1.82) is 0 Å². The molecule has 0 spiro atoms. The third kappa shape index (κ3) is 5.49. The first-order valence-corrected chi connectivity index (χ1v) is 7.44. The Hall–Kier alpha value is -1.38. The Morgan fingerprint density at radius 3 is 2.24 bits per heavy atom. The molecule has 2 heterocycles. The number of ether oxygens (including phenoxy) is 1. The lowest BCUT2D eigenvalue weighted by atomic mass is 10.3.